The second-order valence-corrected chi connectivity index (χ2v) is 10.2. The molecule has 10 heteroatoms. The van der Waals surface area contributed by atoms with E-state index in [4.69, 9.17) is 14.5 Å². The average Bonchev–Trinajstić information content (AvgIpc) is 3.30. The van der Waals surface area contributed by atoms with Crippen molar-refractivity contribution in [3.63, 3.8) is 0 Å². The van der Waals surface area contributed by atoms with Crippen LogP contribution in [0.3, 0.4) is 0 Å². The minimum Gasteiger partial charge on any atom is -0.487 e. The zero-order chi connectivity index (χ0) is 27.3. The minimum atomic E-state index is -1.33. The van der Waals surface area contributed by atoms with Crippen LogP contribution < -0.4 is 15.1 Å². The summed E-state index contributed by atoms with van der Waals surface area (Å²) in [5.41, 5.74) is 1.73. The van der Waals surface area contributed by atoms with Gasteiger partial charge in [0.05, 0.1) is 34.6 Å². The van der Waals surface area contributed by atoms with Gasteiger partial charge >= 0.3 is 5.97 Å². The predicted molar refractivity (Wildman–Crippen MR) is 146 cm³/mol. The minimum absolute atomic E-state index is 0.0237. The van der Waals surface area contributed by atoms with Crippen LogP contribution >= 0.6 is 0 Å². The van der Waals surface area contributed by atoms with Gasteiger partial charge in [-0.15, -0.1) is 0 Å². The Morgan fingerprint density at radius 2 is 2.03 bits per heavy atom. The summed E-state index contributed by atoms with van der Waals surface area (Å²) in [6.45, 7) is 7.27. The molecule has 1 fully saturated rings. The lowest BCUT2D eigenvalue weighted by Gasteiger charge is -2.36. The summed E-state index contributed by atoms with van der Waals surface area (Å²) in [4.78, 5) is 31.5. The number of aromatic nitrogens is 3. The number of para-hydroxylation sites is 2. The number of pyridine rings is 1. The molecule has 2 aliphatic heterocycles. The van der Waals surface area contributed by atoms with Crippen LogP contribution in [0.4, 0.5) is 10.1 Å². The molecule has 0 spiro atoms. The largest absolute Gasteiger partial charge is 0.487 e. The first kappa shape index (κ1) is 25.4. The molecule has 2 aliphatic rings. The Hall–Kier alpha value is -3.92. The number of imidazole rings is 1. The standard InChI is InChI=1S/C29H31FN4O5/c1-3-38-13-12-33-23-7-5-4-6-22(23)31-28(33)18-8-10-32(11-9-18)25-21(30)14-19-24-27(25)39-16-17(2)34(24)15-20(26(19)35)29(36)37/h4-7,14-15,17-18H,3,8-13,16H2,1-2H3,(H,36,37)/t17-/m0/s1. The van der Waals surface area contributed by atoms with Crippen molar-refractivity contribution < 1.29 is 23.8 Å². The number of hydrogen-bond acceptors (Lipinski definition) is 6. The maximum absolute atomic E-state index is 15.7. The summed E-state index contributed by atoms with van der Waals surface area (Å²) in [5.74, 6) is -0.381. The monoisotopic (exact) mass is 534 g/mol. The van der Waals surface area contributed by atoms with Gasteiger partial charge in [-0.25, -0.2) is 14.2 Å². The number of anilines is 1. The van der Waals surface area contributed by atoms with Gasteiger partial charge in [0.25, 0.3) is 0 Å². The fraction of sp³-hybridized carbons (Fsp3) is 0.414. The summed E-state index contributed by atoms with van der Waals surface area (Å²) < 4.78 is 31.3. The van der Waals surface area contributed by atoms with Gasteiger partial charge in [-0.3, -0.25) is 4.79 Å². The first-order chi connectivity index (χ1) is 18.9. The first-order valence-corrected chi connectivity index (χ1v) is 13.4. The van der Waals surface area contributed by atoms with Gasteiger partial charge < -0.3 is 28.6 Å². The molecule has 4 aromatic rings. The van der Waals surface area contributed by atoms with E-state index < -0.39 is 17.2 Å². The van der Waals surface area contributed by atoms with Crippen LogP contribution in [0, 0.1) is 5.82 Å². The number of aromatic carboxylic acids is 1. The average molecular weight is 535 g/mol. The number of hydrogen-bond donors (Lipinski definition) is 1. The number of halogens is 1. The molecule has 4 heterocycles. The van der Waals surface area contributed by atoms with Crippen molar-refractivity contribution in [3.05, 3.63) is 64.0 Å². The second kappa shape index (κ2) is 10.00. The SMILES string of the molecule is CCOCCn1c(C2CCN(c3c(F)cc4c(=O)c(C(=O)O)cn5c4c3OC[C@@H]5C)CC2)nc2ccccc21. The highest BCUT2D eigenvalue weighted by Crippen LogP contribution is 2.43. The van der Waals surface area contributed by atoms with Crippen molar-refractivity contribution >= 4 is 33.6 Å². The van der Waals surface area contributed by atoms with E-state index in [1.54, 1.807) is 4.57 Å². The molecule has 6 rings (SSSR count). The molecule has 9 nitrogen and oxygen atoms in total. The van der Waals surface area contributed by atoms with Gasteiger partial charge in [-0.2, -0.15) is 0 Å². The summed E-state index contributed by atoms with van der Waals surface area (Å²) in [7, 11) is 0. The van der Waals surface area contributed by atoms with E-state index >= 15 is 4.39 Å². The molecule has 0 bridgehead atoms. The Balaban J connectivity index is 1.34. The van der Waals surface area contributed by atoms with Crippen LogP contribution in [0.5, 0.6) is 5.75 Å². The number of ether oxygens (including phenoxy) is 2. The summed E-state index contributed by atoms with van der Waals surface area (Å²) in [6.07, 6.45) is 2.90. The number of carbonyl (C=O) groups is 1. The van der Waals surface area contributed by atoms with Crippen LogP contribution in [0.2, 0.25) is 0 Å². The fourth-order valence-corrected chi connectivity index (χ4v) is 5.96. The molecule has 2 aromatic carbocycles. The van der Waals surface area contributed by atoms with Crippen molar-refractivity contribution in [1.82, 2.24) is 14.1 Å². The number of benzene rings is 2. The molecular weight excluding hydrogens is 503 g/mol. The van der Waals surface area contributed by atoms with E-state index in [9.17, 15) is 14.7 Å². The molecule has 0 aliphatic carbocycles. The molecule has 0 unspecified atom stereocenters. The first-order valence-electron chi connectivity index (χ1n) is 13.4. The Morgan fingerprint density at radius 1 is 1.26 bits per heavy atom. The topological polar surface area (TPSA) is 98.8 Å². The van der Waals surface area contributed by atoms with E-state index in [-0.39, 0.29) is 29.5 Å². The maximum atomic E-state index is 15.7. The van der Waals surface area contributed by atoms with E-state index in [1.165, 1.54) is 12.3 Å². The molecule has 1 saturated heterocycles. The summed E-state index contributed by atoms with van der Waals surface area (Å²) in [5, 5.41) is 9.55. The lowest BCUT2D eigenvalue weighted by molar-refractivity contribution is 0.0694. The summed E-state index contributed by atoms with van der Waals surface area (Å²) in [6, 6.07) is 9.07. The van der Waals surface area contributed by atoms with Gasteiger partial charge in [-0.1, -0.05) is 12.1 Å². The zero-order valence-electron chi connectivity index (χ0n) is 22.0. The Morgan fingerprint density at radius 3 is 2.77 bits per heavy atom. The van der Waals surface area contributed by atoms with E-state index in [0.717, 1.165) is 36.2 Å². The fourth-order valence-electron chi connectivity index (χ4n) is 5.96. The molecule has 1 atom stereocenters. The molecular formula is C29H31FN4O5. The lowest BCUT2D eigenvalue weighted by Crippen LogP contribution is -2.36. The Bertz CT molecular complexity index is 1640. The van der Waals surface area contributed by atoms with Gasteiger partial charge in [0, 0.05) is 38.4 Å². The molecule has 39 heavy (non-hydrogen) atoms. The third-order valence-electron chi connectivity index (χ3n) is 7.90. The maximum Gasteiger partial charge on any atom is 0.341 e. The van der Waals surface area contributed by atoms with Crippen LogP contribution in [0.25, 0.3) is 21.9 Å². The van der Waals surface area contributed by atoms with Crippen LogP contribution in [-0.2, 0) is 11.3 Å². The third kappa shape index (κ3) is 4.23. The Labute approximate surface area is 224 Å². The van der Waals surface area contributed by atoms with Gasteiger partial charge in [-0.05, 0) is 44.9 Å². The van der Waals surface area contributed by atoms with Crippen LogP contribution in [0.1, 0.15) is 54.8 Å². The molecule has 0 radical (unpaired) electrons. The molecule has 0 amide bonds. The van der Waals surface area contributed by atoms with Crippen LogP contribution in [0.15, 0.2) is 41.3 Å². The van der Waals surface area contributed by atoms with E-state index in [0.29, 0.717) is 43.3 Å². The number of carboxylic acid groups (broad SMARTS) is 1. The number of fused-ring (bicyclic) bond motifs is 1. The van der Waals surface area contributed by atoms with Gasteiger partial charge in [0.1, 0.15) is 23.7 Å². The number of nitrogens with zero attached hydrogens (tertiary/aromatic N) is 4. The molecule has 0 saturated carbocycles. The number of carboxylic acids is 1. The Kier molecular flexibility index (Phi) is 6.50. The smallest absolute Gasteiger partial charge is 0.341 e. The predicted octanol–water partition coefficient (Wildman–Crippen LogP) is 4.56. The van der Waals surface area contributed by atoms with Crippen molar-refractivity contribution in [2.75, 3.05) is 37.8 Å². The van der Waals surface area contributed by atoms with Crippen molar-refractivity contribution in [2.24, 2.45) is 0 Å². The van der Waals surface area contributed by atoms with E-state index in [2.05, 4.69) is 10.6 Å². The summed E-state index contributed by atoms with van der Waals surface area (Å²) >= 11 is 0. The third-order valence-corrected chi connectivity index (χ3v) is 7.90. The number of piperidine rings is 1. The molecule has 2 aromatic heterocycles. The zero-order valence-corrected chi connectivity index (χ0v) is 22.0. The van der Waals surface area contributed by atoms with E-state index in [1.807, 2.05) is 36.9 Å². The number of rotatable bonds is 7. The van der Waals surface area contributed by atoms with Crippen LogP contribution in [-0.4, -0.2) is 58.1 Å². The van der Waals surface area contributed by atoms with Gasteiger partial charge in [0.15, 0.2) is 11.6 Å². The highest BCUT2D eigenvalue weighted by Gasteiger charge is 2.33. The van der Waals surface area contributed by atoms with Gasteiger partial charge in [0.2, 0.25) is 5.43 Å². The quantitative estimate of drug-likeness (QED) is 0.347. The van der Waals surface area contributed by atoms with Crippen molar-refractivity contribution in [2.45, 2.75) is 45.2 Å². The van der Waals surface area contributed by atoms with Crippen molar-refractivity contribution in [3.8, 4) is 5.75 Å². The molecule has 1 N–H and O–H groups in total. The normalized spacial score (nSPS) is 17.6. The lowest BCUT2D eigenvalue weighted by atomic mass is 9.95. The molecule has 204 valence electrons. The van der Waals surface area contributed by atoms with Crippen molar-refractivity contribution in [1.29, 1.82) is 0 Å². The highest BCUT2D eigenvalue weighted by molar-refractivity contribution is 5.97. The highest BCUT2D eigenvalue weighted by atomic mass is 19.1. The second-order valence-electron chi connectivity index (χ2n) is 10.2.